The summed E-state index contributed by atoms with van der Waals surface area (Å²) < 4.78 is 12.9. The fourth-order valence-corrected chi connectivity index (χ4v) is 3.31. The van der Waals surface area contributed by atoms with Crippen molar-refractivity contribution in [3.8, 4) is 11.1 Å². The molecule has 0 saturated heterocycles. The van der Waals surface area contributed by atoms with Crippen molar-refractivity contribution in [1.82, 2.24) is 5.43 Å². The normalized spacial score (nSPS) is 11.4. The zero-order chi connectivity index (χ0) is 21.0. The zero-order valence-electron chi connectivity index (χ0n) is 17.2. The minimum atomic E-state index is -0.314. The van der Waals surface area contributed by atoms with Crippen LogP contribution in [-0.4, -0.2) is 18.7 Å². The van der Waals surface area contributed by atoms with Crippen LogP contribution in [0.4, 0.5) is 10.1 Å². The fraction of sp³-hybridized carbons (Fsp3) is 0.250. The molecule has 0 saturated carbocycles. The summed E-state index contributed by atoms with van der Waals surface area (Å²) >= 11 is 0. The molecule has 0 bridgehead atoms. The van der Waals surface area contributed by atoms with Crippen LogP contribution in [0.15, 0.2) is 53.6 Å². The van der Waals surface area contributed by atoms with E-state index in [-0.39, 0.29) is 18.3 Å². The molecule has 0 radical (unpaired) electrons. The minimum Gasteiger partial charge on any atom is -0.376 e. The van der Waals surface area contributed by atoms with Crippen molar-refractivity contribution in [2.45, 2.75) is 33.6 Å². The number of halogens is 1. The molecule has 0 heterocycles. The van der Waals surface area contributed by atoms with Gasteiger partial charge in [-0.25, -0.2) is 9.82 Å². The first-order valence-electron chi connectivity index (χ1n) is 9.70. The zero-order valence-corrected chi connectivity index (χ0v) is 17.2. The molecule has 1 amide bonds. The number of rotatable bonds is 6. The van der Waals surface area contributed by atoms with Gasteiger partial charge in [0.1, 0.15) is 5.82 Å². The van der Waals surface area contributed by atoms with Gasteiger partial charge in [0.05, 0.1) is 12.8 Å². The summed E-state index contributed by atoms with van der Waals surface area (Å²) in [6.45, 7) is 8.61. The van der Waals surface area contributed by atoms with E-state index in [1.807, 2.05) is 0 Å². The van der Waals surface area contributed by atoms with Gasteiger partial charge in [-0.05, 0) is 77.9 Å². The smallest absolute Gasteiger partial charge is 0.259 e. The van der Waals surface area contributed by atoms with Crippen LogP contribution in [0.1, 0.15) is 42.0 Å². The summed E-state index contributed by atoms with van der Waals surface area (Å²) in [4.78, 5) is 12.0. The third kappa shape index (κ3) is 4.99. The van der Waals surface area contributed by atoms with Crippen molar-refractivity contribution in [2.24, 2.45) is 5.10 Å². The van der Waals surface area contributed by atoms with E-state index >= 15 is 0 Å². The van der Waals surface area contributed by atoms with Crippen molar-refractivity contribution < 1.29 is 9.18 Å². The number of fused-ring (bicyclic) bond motifs is 1. The van der Waals surface area contributed by atoms with Crippen LogP contribution in [0.2, 0.25) is 0 Å². The number of hydrogen-bond acceptors (Lipinski definition) is 3. The van der Waals surface area contributed by atoms with Gasteiger partial charge in [0.15, 0.2) is 0 Å². The summed E-state index contributed by atoms with van der Waals surface area (Å²) in [7, 11) is 0. The van der Waals surface area contributed by atoms with Crippen molar-refractivity contribution in [2.75, 3.05) is 11.9 Å². The predicted octanol–water partition coefficient (Wildman–Crippen LogP) is 5.23. The number of nitrogens with zero attached hydrogens (tertiary/aromatic N) is 1. The molecule has 1 aromatic rings. The van der Waals surface area contributed by atoms with Crippen molar-refractivity contribution in [3.05, 3.63) is 76.6 Å². The number of hydrogen-bond donors (Lipinski definition) is 2. The maximum atomic E-state index is 12.9. The van der Waals surface area contributed by atoms with Crippen LogP contribution in [-0.2, 0) is 4.79 Å². The number of amides is 1. The van der Waals surface area contributed by atoms with E-state index in [0.29, 0.717) is 11.6 Å². The van der Waals surface area contributed by atoms with Gasteiger partial charge in [-0.3, -0.25) is 4.79 Å². The average Bonchev–Trinajstić information content (AvgIpc) is 2.87. The van der Waals surface area contributed by atoms with Crippen LogP contribution >= 0.6 is 0 Å². The predicted molar refractivity (Wildman–Crippen MR) is 117 cm³/mol. The highest BCUT2D eigenvalue weighted by atomic mass is 19.1. The number of hydrazone groups is 1. The SMILES string of the molecule is Cc1cc(/C=N/NC(=O)CNc2ccc(F)cc2)c2c(C)ccc(C(C)C)cc1-2. The molecule has 150 valence electrons. The summed E-state index contributed by atoms with van der Waals surface area (Å²) in [5.41, 5.74) is 10.2. The molecule has 0 aliphatic heterocycles. The molecule has 3 rings (SSSR count). The molecule has 0 aromatic heterocycles. The Bertz CT molecular complexity index is 1010. The monoisotopic (exact) mass is 391 g/mol. The molecule has 1 aromatic carbocycles. The number of carbonyl (C=O) groups is 1. The lowest BCUT2D eigenvalue weighted by molar-refractivity contribution is -0.119. The number of anilines is 1. The van der Waals surface area contributed by atoms with Gasteiger partial charge in [-0.15, -0.1) is 0 Å². The van der Waals surface area contributed by atoms with Crippen molar-refractivity contribution >= 4 is 17.8 Å². The number of benzene rings is 1. The first-order valence-corrected chi connectivity index (χ1v) is 9.70. The highest BCUT2D eigenvalue weighted by molar-refractivity contribution is 5.96. The van der Waals surface area contributed by atoms with E-state index in [1.165, 1.54) is 34.4 Å². The summed E-state index contributed by atoms with van der Waals surface area (Å²) in [5, 5.41) is 7.06. The second-order valence-corrected chi connectivity index (χ2v) is 7.54. The Hall–Kier alpha value is -3.21. The molecule has 2 aliphatic rings. The lowest BCUT2D eigenvalue weighted by Crippen LogP contribution is -2.25. The Balaban J connectivity index is 1.69. The molecular formula is C24H26FN3O. The third-order valence-electron chi connectivity index (χ3n) is 4.94. The quantitative estimate of drug-likeness (QED) is 0.446. The van der Waals surface area contributed by atoms with Gasteiger partial charge in [0.25, 0.3) is 5.91 Å². The van der Waals surface area contributed by atoms with E-state index in [0.717, 1.165) is 11.1 Å². The van der Waals surface area contributed by atoms with Crippen molar-refractivity contribution in [3.63, 3.8) is 0 Å². The van der Waals surface area contributed by atoms with Crippen LogP contribution in [0.25, 0.3) is 11.1 Å². The van der Waals surface area contributed by atoms with Gasteiger partial charge < -0.3 is 5.32 Å². The lowest BCUT2D eigenvalue weighted by atomic mass is 10.0. The third-order valence-corrected chi connectivity index (χ3v) is 4.94. The van der Waals surface area contributed by atoms with Gasteiger partial charge in [0.2, 0.25) is 0 Å². The molecule has 0 fully saturated rings. The summed E-state index contributed by atoms with van der Waals surface area (Å²) in [6, 6.07) is 14.5. The van der Waals surface area contributed by atoms with Gasteiger partial charge in [0, 0.05) is 11.3 Å². The molecular weight excluding hydrogens is 365 g/mol. The Morgan fingerprint density at radius 3 is 2.48 bits per heavy atom. The summed E-state index contributed by atoms with van der Waals surface area (Å²) in [5.74, 6) is -0.141. The van der Waals surface area contributed by atoms with Crippen LogP contribution in [0, 0.1) is 19.7 Å². The molecule has 29 heavy (non-hydrogen) atoms. The number of aryl methyl sites for hydroxylation is 2. The highest BCUT2D eigenvalue weighted by Gasteiger charge is 2.15. The van der Waals surface area contributed by atoms with Crippen LogP contribution in [0.3, 0.4) is 0 Å². The average molecular weight is 391 g/mol. The first kappa shape index (κ1) is 20.5. The maximum Gasteiger partial charge on any atom is 0.259 e. The van der Waals surface area contributed by atoms with Gasteiger partial charge in [-0.1, -0.05) is 32.0 Å². The Kier molecular flexibility index (Phi) is 6.27. The molecule has 2 aliphatic carbocycles. The molecule has 5 heteroatoms. The largest absolute Gasteiger partial charge is 0.376 e. The Morgan fingerprint density at radius 2 is 1.79 bits per heavy atom. The maximum absolute atomic E-state index is 12.9. The second-order valence-electron chi connectivity index (χ2n) is 7.54. The van der Waals surface area contributed by atoms with E-state index in [1.54, 1.807) is 18.3 Å². The van der Waals surface area contributed by atoms with E-state index in [9.17, 15) is 9.18 Å². The number of carbonyl (C=O) groups excluding carboxylic acids is 1. The lowest BCUT2D eigenvalue weighted by Gasteiger charge is -2.05. The highest BCUT2D eigenvalue weighted by Crippen LogP contribution is 2.35. The second kappa shape index (κ2) is 8.86. The van der Waals surface area contributed by atoms with E-state index in [4.69, 9.17) is 0 Å². The van der Waals surface area contributed by atoms with Gasteiger partial charge >= 0.3 is 0 Å². The number of nitrogens with one attached hydrogen (secondary N) is 2. The summed E-state index contributed by atoms with van der Waals surface area (Å²) in [6.07, 6.45) is 1.69. The topological polar surface area (TPSA) is 53.5 Å². The standard InChI is InChI=1S/C24H26FN3O/c1-15(2)18-6-5-16(3)24-19(11-17(4)22(24)12-18)13-27-28-23(29)14-26-21-9-7-20(25)8-10-21/h5-13,15,26H,14H2,1-4H3,(H,28,29)/b27-13+. The van der Waals surface area contributed by atoms with E-state index < -0.39 is 0 Å². The molecule has 2 N–H and O–H groups in total. The molecule has 0 unspecified atom stereocenters. The van der Waals surface area contributed by atoms with Crippen molar-refractivity contribution in [1.29, 1.82) is 0 Å². The Labute approximate surface area is 171 Å². The molecule has 0 spiro atoms. The Morgan fingerprint density at radius 1 is 1.07 bits per heavy atom. The van der Waals surface area contributed by atoms with Gasteiger partial charge in [-0.2, -0.15) is 5.10 Å². The minimum absolute atomic E-state index is 0.0511. The molecule has 4 nitrogen and oxygen atoms in total. The van der Waals surface area contributed by atoms with Crippen LogP contribution in [0.5, 0.6) is 0 Å². The molecule has 0 atom stereocenters. The fourth-order valence-electron chi connectivity index (χ4n) is 3.31. The van der Waals surface area contributed by atoms with Crippen LogP contribution < -0.4 is 10.7 Å². The van der Waals surface area contributed by atoms with E-state index in [2.05, 4.69) is 67.8 Å². The first-order chi connectivity index (χ1) is 13.8.